The number of nitrogens with zero attached hydrogens (tertiary/aromatic N) is 1. The highest BCUT2D eigenvalue weighted by molar-refractivity contribution is 5.82. The Bertz CT molecular complexity index is 477. The van der Waals surface area contributed by atoms with Gasteiger partial charge in [-0.25, -0.2) is 0 Å². The Hall–Kier alpha value is -1.75. The Kier molecular flexibility index (Phi) is 6.49. The first-order valence-corrected chi connectivity index (χ1v) is 7.44. The van der Waals surface area contributed by atoms with Gasteiger partial charge in [-0.15, -0.1) is 0 Å². The van der Waals surface area contributed by atoms with Crippen LogP contribution < -0.4 is 5.73 Å². The van der Waals surface area contributed by atoms with Crippen LogP contribution in [-0.2, 0) is 11.2 Å². The molecule has 0 aliphatic carbocycles. The van der Waals surface area contributed by atoms with Gasteiger partial charge in [-0.2, -0.15) is 0 Å². The van der Waals surface area contributed by atoms with Crippen molar-refractivity contribution in [3.8, 4) is 11.5 Å². The fraction of sp³-hybridized carbons (Fsp3) is 0.562. The van der Waals surface area contributed by atoms with E-state index in [9.17, 15) is 15.0 Å². The van der Waals surface area contributed by atoms with Crippen LogP contribution >= 0.6 is 0 Å². The second-order valence-electron chi connectivity index (χ2n) is 5.52. The van der Waals surface area contributed by atoms with E-state index in [-0.39, 0.29) is 17.4 Å². The molecule has 0 radical (unpaired) electrons. The normalized spacial score (nSPS) is 13.7. The molecule has 1 rings (SSSR count). The summed E-state index contributed by atoms with van der Waals surface area (Å²) >= 11 is 0. The molecule has 4 N–H and O–H groups in total. The summed E-state index contributed by atoms with van der Waals surface area (Å²) in [6.45, 7) is 7.50. The number of aromatic hydroxyl groups is 2. The molecule has 1 aromatic rings. The minimum absolute atomic E-state index is 0.0784. The van der Waals surface area contributed by atoms with Crippen LogP contribution in [0.4, 0.5) is 0 Å². The van der Waals surface area contributed by atoms with Crippen molar-refractivity contribution < 1.29 is 15.0 Å². The highest BCUT2D eigenvalue weighted by Gasteiger charge is 2.21. The molecule has 5 heteroatoms. The summed E-state index contributed by atoms with van der Waals surface area (Å²) in [7, 11) is 0. The number of benzene rings is 1. The van der Waals surface area contributed by atoms with Gasteiger partial charge in [-0.3, -0.25) is 4.79 Å². The van der Waals surface area contributed by atoms with Gasteiger partial charge in [-0.05, 0) is 37.0 Å². The molecule has 0 saturated carbocycles. The summed E-state index contributed by atoms with van der Waals surface area (Å²) < 4.78 is 0. The molecule has 0 aliphatic rings. The average Bonchev–Trinajstić information content (AvgIpc) is 2.47. The predicted molar refractivity (Wildman–Crippen MR) is 83.2 cm³/mol. The smallest absolute Gasteiger partial charge is 0.239 e. The van der Waals surface area contributed by atoms with Gasteiger partial charge in [-0.1, -0.05) is 26.3 Å². The van der Waals surface area contributed by atoms with Gasteiger partial charge in [0, 0.05) is 13.1 Å². The minimum Gasteiger partial charge on any atom is -0.504 e. The van der Waals surface area contributed by atoms with Crippen LogP contribution in [0.25, 0.3) is 0 Å². The van der Waals surface area contributed by atoms with Crippen LogP contribution in [0.1, 0.15) is 32.8 Å². The summed E-state index contributed by atoms with van der Waals surface area (Å²) in [4.78, 5) is 14.1. The maximum atomic E-state index is 12.4. The fourth-order valence-corrected chi connectivity index (χ4v) is 2.15. The maximum Gasteiger partial charge on any atom is 0.239 e. The predicted octanol–water partition coefficient (Wildman–Crippen LogP) is 1.86. The van der Waals surface area contributed by atoms with Gasteiger partial charge in [0.05, 0.1) is 6.04 Å². The molecular formula is C16H26N2O3. The van der Waals surface area contributed by atoms with Crippen LogP contribution in [-0.4, -0.2) is 40.2 Å². The van der Waals surface area contributed by atoms with Gasteiger partial charge in [0.2, 0.25) is 5.91 Å². The zero-order valence-electron chi connectivity index (χ0n) is 13.0. The lowest BCUT2D eigenvalue weighted by molar-refractivity contribution is -0.133. The summed E-state index contributed by atoms with van der Waals surface area (Å²) in [6, 6.07) is 3.86. The quantitative estimate of drug-likeness (QED) is 0.670. The first kappa shape index (κ1) is 17.3. The van der Waals surface area contributed by atoms with Crippen molar-refractivity contribution in [1.82, 2.24) is 4.90 Å². The third kappa shape index (κ3) is 4.93. The van der Waals surface area contributed by atoms with E-state index in [2.05, 4.69) is 13.8 Å². The monoisotopic (exact) mass is 294 g/mol. The van der Waals surface area contributed by atoms with Crippen LogP contribution in [0.15, 0.2) is 18.2 Å². The van der Waals surface area contributed by atoms with Crippen molar-refractivity contribution in [3.05, 3.63) is 23.8 Å². The highest BCUT2D eigenvalue weighted by Crippen LogP contribution is 2.25. The second kappa shape index (κ2) is 7.88. The van der Waals surface area contributed by atoms with Gasteiger partial charge in [0.25, 0.3) is 0 Å². The molecule has 1 unspecified atom stereocenters. The second-order valence-corrected chi connectivity index (χ2v) is 5.52. The zero-order valence-corrected chi connectivity index (χ0v) is 13.0. The first-order chi connectivity index (χ1) is 9.88. The third-order valence-electron chi connectivity index (χ3n) is 3.74. The standard InChI is InChI=1S/C16H26N2O3/c1-4-11(3)10-18(5-2)16(21)13(17)8-12-6-7-14(19)15(20)9-12/h6-7,9,11,13,19-20H,4-5,8,10,17H2,1-3H3/t11?,13-/m0/s1. The number of amides is 1. The molecule has 1 aromatic carbocycles. The third-order valence-corrected chi connectivity index (χ3v) is 3.74. The van der Waals surface area contributed by atoms with Gasteiger partial charge < -0.3 is 20.8 Å². The van der Waals surface area contributed by atoms with Gasteiger partial charge in [0.1, 0.15) is 0 Å². The van der Waals surface area contributed by atoms with Crippen LogP contribution in [0, 0.1) is 5.92 Å². The number of rotatable bonds is 7. The van der Waals surface area contributed by atoms with Gasteiger partial charge in [0.15, 0.2) is 11.5 Å². The van der Waals surface area contributed by atoms with Crippen LogP contribution in [0.5, 0.6) is 11.5 Å². The Balaban J connectivity index is 2.69. The Labute approximate surface area is 126 Å². The number of hydrogen-bond donors (Lipinski definition) is 3. The number of carbonyl (C=O) groups excluding carboxylic acids is 1. The van der Waals surface area contributed by atoms with Crippen LogP contribution in [0.2, 0.25) is 0 Å². The molecule has 0 saturated heterocycles. The summed E-state index contributed by atoms with van der Waals surface area (Å²) in [5.74, 6) is -0.00566. The number of phenolic OH excluding ortho intramolecular Hbond substituents is 2. The molecule has 118 valence electrons. The van der Waals surface area contributed by atoms with E-state index in [1.165, 1.54) is 12.1 Å². The van der Waals surface area contributed by atoms with Crippen molar-refractivity contribution in [1.29, 1.82) is 0 Å². The molecule has 2 atom stereocenters. The van der Waals surface area contributed by atoms with Crippen molar-refractivity contribution in [2.75, 3.05) is 13.1 Å². The molecule has 0 heterocycles. The Morgan fingerprint density at radius 1 is 1.29 bits per heavy atom. The first-order valence-electron chi connectivity index (χ1n) is 7.44. The molecule has 0 bridgehead atoms. The van der Waals surface area contributed by atoms with E-state index < -0.39 is 6.04 Å². The molecule has 0 fully saturated rings. The minimum atomic E-state index is -0.641. The molecule has 0 aliphatic heterocycles. The van der Waals surface area contributed by atoms with Crippen molar-refractivity contribution in [2.24, 2.45) is 11.7 Å². The van der Waals surface area contributed by atoms with E-state index in [1.807, 2.05) is 6.92 Å². The number of nitrogens with two attached hydrogens (primary N) is 1. The molecule has 0 spiro atoms. The van der Waals surface area contributed by atoms with Crippen molar-refractivity contribution >= 4 is 5.91 Å². The van der Waals surface area contributed by atoms with E-state index in [4.69, 9.17) is 5.73 Å². The maximum absolute atomic E-state index is 12.4. The molecule has 21 heavy (non-hydrogen) atoms. The van der Waals surface area contributed by atoms with E-state index in [0.29, 0.717) is 25.4 Å². The lowest BCUT2D eigenvalue weighted by Crippen LogP contribution is -2.46. The van der Waals surface area contributed by atoms with Crippen molar-refractivity contribution in [2.45, 2.75) is 39.7 Å². The Morgan fingerprint density at radius 3 is 2.48 bits per heavy atom. The lowest BCUT2D eigenvalue weighted by Gasteiger charge is -2.27. The molecule has 0 aromatic heterocycles. The van der Waals surface area contributed by atoms with E-state index in [0.717, 1.165) is 12.0 Å². The zero-order chi connectivity index (χ0) is 16.0. The number of carbonyl (C=O) groups is 1. The molecule has 5 nitrogen and oxygen atoms in total. The van der Waals surface area contributed by atoms with E-state index >= 15 is 0 Å². The largest absolute Gasteiger partial charge is 0.504 e. The van der Waals surface area contributed by atoms with Crippen LogP contribution in [0.3, 0.4) is 0 Å². The number of phenols is 2. The highest BCUT2D eigenvalue weighted by atomic mass is 16.3. The lowest BCUT2D eigenvalue weighted by atomic mass is 10.0. The topological polar surface area (TPSA) is 86.8 Å². The summed E-state index contributed by atoms with van der Waals surface area (Å²) in [5.41, 5.74) is 6.72. The summed E-state index contributed by atoms with van der Waals surface area (Å²) in [5, 5.41) is 18.8. The number of hydrogen-bond acceptors (Lipinski definition) is 4. The van der Waals surface area contributed by atoms with Crippen molar-refractivity contribution in [3.63, 3.8) is 0 Å². The summed E-state index contributed by atoms with van der Waals surface area (Å²) in [6.07, 6.45) is 1.36. The number of likely N-dealkylation sites (N-methyl/N-ethyl adjacent to an activating group) is 1. The van der Waals surface area contributed by atoms with E-state index in [1.54, 1.807) is 11.0 Å². The van der Waals surface area contributed by atoms with Gasteiger partial charge >= 0.3 is 0 Å². The SMILES string of the molecule is CCC(C)CN(CC)C(=O)[C@@H](N)Cc1ccc(O)c(O)c1. The Morgan fingerprint density at radius 2 is 1.95 bits per heavy atom. The fourth-order valence-electron chi connectivity index (χ4n) is 2.15. The molecule has 1 amide bonds. The molecular weight excluding hydrogens is 268 g/mol. The average molecular weight is 294 g/mol.